The van der Waals surface area contributed by atoms with E-state index in [1.807, 2.05) is 37.3 Å². The van der Waals surface area contributed by atoms with Crippen molar-refractivity contribution in [1.29, 1.82) is 0 Å². The highest BCUT2D eigenvalue weighted by molar-refractivity contribution is 7.91. The van der Waals surface area contributed by atoms with Crippen molar-refractivity contribution < 1.29 is 56.8 Å². The van der Waals surface area contributed by atoms with Crippen molar-refractivity contribution in [3.63, 3.8) is 0 Å². The van der Waals surface area contributed by atoms with Crippen LogP contribution in [0.25, 0.3) is 21.5 Å². The number of halogens is 3. The minimum absolute atomic E-state index is 0.0156. The van der Waals surface area contributed by atoms with Crippen LogP contribution < -0.4 is 40.2 Å². The number of phenolic OH excluding ortho intramolecular Hbond substituents is 2. The molecule has 20 heteroatoms. The zero-order valence-corrected chi connectivity index (χ0v) is 58.7. The second-order valence-electron chi connectivity index (χ2n) is 23.9. The topological polar surface area (TPSA) is 228 Å². The highest BCUT2D eigenvalue weighted by atomic mass is 35.5. The average Bonchev–Trinajstić information content (AvgIpc) is 0.793. The summed E-state index contributed by atoms with van der Waals surface area (Å²) in [4.78, 5) is 51.1. The number of aryl methyl sites for hydroxylation is 1. The summed E-state index contributed by atoms with van der Waals surface area (Å²) in [6, 6.07) is 38.3. The molecule has 8 aromatic carbocycles. The molecule has 512 valence electrons. The Hall–Kier alpha value is -8.22. The van der Waals surface area contributed by atoms with Crippen LogP contribution in [0.4, 0.5) is 22.7 Å². The number of phenols is 2. The van der Waals surface area contributed by atoms with Crippen molar-refractivity contribution in [1.82, 2.24) is 0 Å². The van der Waals surface area contributed by atoms with Gasteiger partial charge in [0.05, 0.1) is 54.7 Å². The number of carbonyl (C=O) groups excluding carboxylic acids is 4. The molecule has 6 N–H and O–H groups in total. The van der Waals surface area contributed by atoms with E-state index in [-0.39, 0.29) is 76.7 Å². The fraction of sp³-hybridized carbons (Fsp3) is 0.368. The molecule has 0 radical (unpaired) electrons. The van der Waals surface area contributed by atoms with Crippen LogP contribution in [0.1, 0.15) is 162 Å². The normalized spacial score (nSPS) is 11.8. The van der Waals surface area contributed by atoms with Crippen LogP contribution in [0.15, 0.2) is 149 Å². The molecule has 0 saturated heterocycles. The smallest absolute Gasteiger partial charge is 0.265 e. The fourth-order valence-corrected chi connectivity index (χ4v) is 13.2. The molecule has 0 bridgehead atoms. The summed E-state index contributed by atoms with van der Waals surface area (Å²) in [5.41, 5.74) is 1.81. The van der Waals surface area contributed by atoms with E-state index in [9.17, 15) is 37.8 Å². The molecule has 0 saturated carbocycles. The molecule has 0 heterocycles. The minimum Gasteiger partial charge on any atom is -0.506 e. The molecular weight excluding hydrogens is 1300 g/mol. The van der Waals surface area contributed by atoms with Gasteiger partial charge >= 0.3 is 0 Å². The molecule has 16 nitrogen and oxygen atoms in total. The van der Waals surface area contributed by atoms with Crippen molar-refractivity contribution in [2.45, 2.75) is 185 Å². The summed E-state index contributed by atoms with van der Waals surface area (Å²) in [7, 11) is -2.49. The summed E-state index contributed by atoms with van der Waals surface area (Å²) in [6.45, 7) is 9.12. The summed E-state index contributed by atoms with van der Waals surface area (Å²) < 4.78 is 52.0. The molecule has 0 spiro atoms. The first-order valence-electron chi connectivity index (χ1n) is 33.1. The predicted octanol–water partition coefficient (Wildman–Crippen LogP) is 20.5. The second-order valence-corrected chi connectivity index (χ2v) is 27.1. The van der Waals surface area contributed by atoms with Crippen LogP contribution in [-0.4, -0.2) is 61.6 Å². The SMILES string of the molecule is CCCCCCCCCCC(Oc1cccc2c(S(=O)(=O)c3ccc(Cl)c(Cl)c3)cccc12)C(=O)Nc1cc(O)c(NC(C)=O)cc1Oc1ccc(OC)cc1.CCCCCCCCCCCCC(Oc1cccc2cc(C)ccc12)C(=O)Nc1cc(O)c(NC(C)=O)cc1Cl. The Morgan fingerprint density at radius 2 is 0.948 bits per heavy atom. The number of unbranched alkanes of at least 4 members (excludes halogenated alkanes) is 16. The molecule has 4 amide bonds. The highest BCUT2D eigenvalue weighted by Crippen LogP contribution is 2.41. The first kappa shape index (κ1) is 75.2. The van der Waals surface area contributed by atoms with Gasteiger partial charge in [0.25, 0.3) is 11.8 Å². The Morgan fingerprint density at radius 3 is 1.50 bits per heavy atom. The molecular formula is C76H89Cl3N4O12S. The fourth-order valence-electron chi connectivity index (χ4n) is 11.1. The first-order chi connectivity index (χ1) is 46.2. The number of nitrogens with one attached hydrogen (secondary N) is 4. The van der Waals surface area contributed by atoms with E-state index in [1.54, 1.807) is 61.7 Å². The molecule has 2 atom stereocenters. The van der Waals surface area contributed by atoms with Crippen LogP contribution in [0, 0.1) is 6.92 Å². The lowest BCUT2D eigenvalue weighted by molar-refractivity contribution is -0.123. The van der Waals surface area contributed by atoms with Gasteiger partial charge in [0.1, 0.15) is 34.5 Å². The number of hydrogen-bond acceptors (Lipinski definition) is 12. The van der Waals surface area contributed by atoms with Gasteiger partial charge in [0.2, 0.25) is 21.7 Å². The number of methoxy groups -OCH3 is 1. The number of sulfone groups is 1. The molecule has 8 aromatic rings. The molecule has 0 aliphatic carbocycles. The van der Waals surface area contributed by atoms with Crippen molar-refractivity contribution in [2.75, 3.05) is 28.4 Å². The largest absolute Gasteiger partial charge is 0.506 e. The van der Waals surface area contributed by atoms with Crippen molar-refractivity contribution >= 4 is 113 Å². The van der Waals surface area contributed by atoms with Crippen LogP contribution in [-0.2, 0) is 29.0 Å². The second kappa shape index (κ2) is 37.9. The molecule has 0 fully saturated rings. The number of benzene rings is 8. The van der Waals surface area contributed by atoms with E-state index in [2.05, 4.69) is 41.2 Å². The van der Waals surface area contributed by atoms with Crippen molar-refractivity contribution in [3.05, 3.63) is 160 Å². The average molecular weight is 1390 g/mol. The summed E-state index contributed by atoms with van der Waals surface area (Å²) in [5, 5.41) is 35.4. The van der Waals surface area contributed by atoms with Gasteiger partial charge in [-0.2, -0.15) is 0 Å². The molecule has 2 unspecified atom stereocenters. The zero-order valence-electron chi connectivity index (χ0n) is 55.6. The van der Waals surface area contributed by atoms with Gasteiger partial charge in [-0.1, -0.05) is 212 Å². The van der Waals surface area contributed by atoms with Gasteiger partial charge in [-0.3, -0.25) is 19.2 Å². The van der Waals surface area contributed by atoms with Gasteiger partial charge < -0.3 is 50.4 Å². The number of rotatable bonds is 35. The van der Waals surface area contributed by atoms with Gasteiger partial charge in [0, 0.05) is 48.2 Å². The molecule has 0 aromatic heterocycles. The number of anilines is 4. The summed E-state index contributed by atoms with van der Waals surface area (Å²) in [6.07, 6.45) is 19.6. The van der Waals surface area contributed by atoms with Gasteiger partial charge in [0.15, 0.2) is 18.0 Å². The maximum absolute atomic E-state index is 14.2. The van der Waals surface area contributed by atoms with Gasteiger partial charge in [-0.25, -0.2) is 8.42 Å². The van der Waals surface area contributed by atoms with Crippen LogP contribution in [0.3, 0.4) is 0 Å². The number of carbonyl (C=O) groups is 4. The number of amides is 4. The van der Waals surface area contributed by atoms with Crippen LogP contribution in [0.5, 0.6) is 40.2 Å². The maximum atomic E-state index is 14.2. The van der Waals surface area contributed by atoms with Gasteiger partial charge in [-0.05, 0) is 105 Å². The molecule has 8 rings (SSSR count). The Labute approximate surface area is 579 Å². The Bertz CT molecular complexity index is 4040. The van der Waals surface area contributed by atoms with Crippen molar-refractivity contribution in [2.24, 2.45) is 0 Å². The summed E-state index contributed by atoms with van der Waals surface area (Å²) in [5.74, 6) is 0.0650. The lowest BCUT2D eigenvalue weighted by atomic mass is 10.0. The quantitative estimate of drug-likeness (QED) is 0.0161. The van der Waals surface area contributed by atoms with E-state index in [0.717, 1.165) is 61.3 Å². The van der Waals surface area contributed by atoms with E-state index in [1.165, 1.54) is 127 Å². The van der Waals surface area contributed by atoms with E-state index < -0.39 is 33.9 Å². The Kier molecular flexibility index (Phi) is 29.7. The van der Waals surface area contributed by atoms with E-state index in [4.69, 9.17) is 53.8 Å². The first-order valence-corrected chi connectivity index (χ1v) is 35.7. The maximum Gasteiger partial charge on any atom is 0.265 e. The van der Waals surface area contributed by atoms with Crippen LogP contribution in [0.2, 0.25) is 15.1 Å². The molecule has 0 aliphatic heterocycles. The monoisotopic (exact) mass is 1390 g/mol. The highest BCUT2D eigenvalue weighted by Gasteiger charge is 2.28. The lowest BCUT2D eigenvalue weighted by Gasteiger charge is -2.22. The van der Waals surface area contributed by atoms with E-state index >= 15 is 0 Å². The number of ether oxygens (including phenoxy) is 4. The number of fused-ring (bicyclic) bond motifs is 2. The number of aromatic hydroxyl groups is 2. The predicted molar refractivity (Wildman–Crippen MR) is 387 cm³/mol. The van der Waals surface area contributed by atoms with Crippen LogP contribution >= 0.6 is 34.8 Å². The third kappa shape index (κ3) is 22.4. The Morgan fingerprint density at radius 1 is 0.458 bits per heavy atom. The van der Waals surface area contributed by atoms with E-state index in [0.29, 0.717) is 53.0 Å². The minimum atomic E-state index is -4.03. The summed E-state index contributed by atoms with van der Waals surface area (Å²) >= 11 is 18.6. The Balaban J connectivity index is 0.000000287. The third-order valence-corrected chi connectivity index (χ3v) is 19.1. The third-order valence-electron chi connectivity index (χ3n) is 16.2. The molecule has 0 aliphatic rings. The number of hydrogen-bond donors (Lipinski definition) is 6. The van der Waals surface area contributed by atoms with Crippen molar-refractivity contribution in [3.8, 4) is 40.2 Å². The standard InChI is InChI=1S/C43H46Cl2N2O8S.C33H43ClN2O4/c1-4-5-6-7-8-9-10-11-16-40(43(50)47-37-26-38(49)36(46-28(2)48)27-41(37)54-30-21-19-29(53-3)20-22-30)55-39-17-12-15-33-32(39)14-13-18-42(33)56(51,52)31-23-24-34(44)35(45)25-31;1-4-5-6-7-8-9-10-11-12-13-16-32(40-31-17-14-15-25-20-23(2)18-19-26(25)31)33(39)36-28-22-30(38)29(21-27(28)34)35-24(3)37/h12-15,17-27,40,49H,4-11,16H2,1-3H3,(H,46,48)(H,47,50);14-15,17-22,32,38H,4-13,16H2,1-3H3,(H,35,37)(H,36,39). The van der Waals surface area contributed by atoms with Gasteiger partial charge in [-0.15, -0.1) is 0 Å². The lowest BCUT2D eigenvalue weighted by Crippen LogP contribution is -2.33. The zero-order chi connectivity index (χ0) is 69.2. The molecule has 96 heavy (non-hydrogen) atoms.